The van der Waals surface area contributed by atoms with Crippen LogP contribution >= 0.6 is 23.2 Å². The number of hydrogen-bond donors (Lipinski definition) is 2. The van der Waals surface area contributed by atoms with Crippen LogP contribution in [0, 0.1) is 5.82 Å². The highest BCUT2D eigenvalue weighted by atomic mass is 35.5. The van der Waals surface area contributed by atoms with E-state index < -0.39 is 46.8 Å². The lowest BCUT2D eigenvalue weighted by atomic mass is 9.76. The first-order chi connectivity index (χ1) is 14.4. The third-order valence-corrected chi connectivity index (χ3v) is 6.15. The van der Waals surface area contributed by atoms with Gasteiger partial charge in [0, 0.05) is 0 Å². The lowest BCUT2D eigenvalue weighted by Gasteiger charge is -2.41. The molecule has 1 unspecified atom stereocenters. The Kier molecular flexibility index (Phi) is 6.84. The topological polar surface area (TPSA) is 49.3 Å². The molecule has 1 fully saturated rings. The molecule has 2 N–H and O–H groups in total. The van der Waals surface area contributed by atoms with Gasteiger partial charge in [0.25, 0.3) is 5.91 Å². The van der Waals surface area contributed by atoms with E-state index in [0.29, 0.717) is 6.07 Å². The Labute approximate surface area is 185 Å². The monoisotopic (exact) mass is 481 g/mol. The number of benzene rings is 2. The lowest BCUT2D eigenvalue weighted by molar-refractivity contribution is -0.137. The van der Waals surface area contributed by atoms with Crippen molar-refractivity contribution in [3.63, 3.8) is 0 Å². The summed E-state index contributed by atoms with van der Waals surface area (Å²) in [6.07, 6.45) is -5.98. The molecule has 0 spiro atoms. The Bertz CT molecular complexity index is 975. The molecule has 10 heteroatoms. The summed E-state index contributed by atoms with van der Waals surface area (Å²) in [7, 11) is 0. The van der Waals surface area contributed by atoms with Gasteiger partial charge in [0.2, 0.25) is 0 Å². The van der Waals surface area contributed by atoms with Crippen molar-refractivity contribution in [2.24, 2.45) is 0 Å². The number of halogens is 7. The van der Waals surface area contributed by atoms with Gasteiger partial charge in [-0.15, -0.1) is 0 Å². The van der Waals surface area contributed by atoms with Crippen LogP contribution in [0.2, 0.25) is 10.0 Å². The lowest BCUT2D eigenvalue weighted by Crippen LogP contribution is -2.48. The zero-order valence-corrected chi connectivity index (χ0v) is 17.5. The van der Waals surface area contributed by atoms with Crippen LogP contribution in [0.3, 0.4) is 0 Å². The highest BCUT2D eigenvalue weighted by molar-refractivity contribution is 6.34. The van der Waals surface area contributed by atoms with E-state index in [1.54, 1.807) is 0 Å². The molecular formula is C21H18Cl2F5NO2. The Morgan fingerprint density at radius 3 is 2.42 bits per heavy atom. The predicted molar refractivity (Wildman–Crippen MR) is 106 cm³/mol. The first-order valence-corrected chi connectivity index (χ1v) is 10.2. The number of hydrogen-bond acceptors (Lipinski definition) is 2. The molecule has 2 aromatic carbocycles. The minimum Gasteiger partial charge on any atom is -0.387 e. The molecular weight excluding hydrogens is 464 g/mol. The number of rotatable bonds is 4. The first-order valence-electron chi connectivity index (χ1n) is 9.40. The average molecular weight is 482 g/mol. The molecule has 3 nitrogen and oxygen atoms in total. The third-order valence-electron chi connectivity index (χ3n) is 5.42. The van der Waals surface area contributed by atoms with Gasteiger partial charge in [-0.25, -0.2) is 8.78 Å². The number of alkyl halides is 4. The summed E-state index contributed by atoms with van der Waals surface area (Å²) < 4.78 is 66.9. The van der Waals surface area contributed by atoms with Gasteiger partial charge in [-0.3, -0.25) is 4.79 Å². The molecule has 3 rings (SSSR count). The van der Waals surface area contributed by atoms with Gasteiger partial charge < -0.3 is 10.4 Å². The van der Waals surface area contributed by atoms with E-state index >= 15 is 0 Å². The van der Waals surface area contributed by atoms with Gasteiger partial charge >= 0.3 is 6.18 Å². The Hall–Kier alpha value is -1.90. The van der Waals surface area contributed by atoms with Crippen molar-refractivity contribution in [1.29, 1.82) is 0 Å². The van der Waals surface area contributed by atoms with Gasteiger partial charge in [0.1, 0.15) is 12.0 Å². The molecule has 31 heavy (non-hydrogen) atoms. The van der Waals surface area contributed by atoms with Crippen molar-refractivity contribution in [3.8, 4) is 0 Å². The van der Waals surface area contributed by atoms with Crippen LogP contribution in [-0.4, -0.2) is 22.8 Å². The van der Waals surface area contributed by atoms with Crippen molar-refractivity contribution in [3.05, 3.63) is 69.0 Å². The summed E-state index contributed by atoms with van der Waals surface area (Å²) in [6, 6.07) is 4.73. The zero-order chi connectivity index (χ0) is 23.0. The number of amides is 1. The second-order valence-corrected chi connectivity index (χ2v) is 8.31. The number of aliphatic hydroxyl groups is 1. The van der Waals surface area contributed by atoms with E-state index in [2.05, 4.69) is 5.32 Å². The maximum absolute atomic E-state index is 14.1. The molecule has 1 amide bonds. The van der Waals surface area contributed by atoms with Crippen molar-refractivity contribution >= 4 is 29.1 Å². The number of nitrogens with one attached hydrogen (secondary N) is 1. The Morgan fingerprint density at radius 1 is 1.16 bits per heavy atom. The molecule has 168 valence electrons. The fourth-order valence-corrected chi connectivity index (χ4v) is 4.14. The highest BCUT2D eigenvalue weighted by Crippen LogP contribution is 2.42. The van der Waals surface area contributed by atoms with Gasteiger partial charge in [0.05, 0.1) is 32.8 Å². The van der Waals surface area contributed by atoms with Gasteiger partial charge in [-0.2, -0.15) is 13.2 Å². The molecule has 2 aromatic rings. The summed E-state index contributed by atoms with van der Waals surface area (Å²) in [4.78, 5) is 12.9. The fraction of sp³-hybridized carbons (Fsp3) is 0.381. The van der Waals surface area contributed by atoms with E-state index in [0.717, 1.165) is 18.2 Å². The maximum atomic E-state index is 14.1. The minimum atomic E-state index is -4.71. The summed E-state index contributed by atoms with van der Waals surface area (Å²) in [5.41, 5.74) is -3.22. The van der Waals surface area contributed by atoms with Crippen LogP contribution in [0.1, 0.15) is 53.2 Å². The molecule has 1 aliphatic rings. The second-order valence-electron chi connectivity index (χ2n) is 7.52. The fourth-order valence-electron chi connectivity index (χ4n) is 3.70. The summed E-state index contributed by atoms with van der Waals surface area (Å²) in [5, 5.41) is 13.0. The largest absolute Gasteiger partial charge is 0.416 e. The first kappa shape index (κ1) is 23.8. The molecule has 0 aliphatic heterocycles. The van der Waals surface area contributed by atoms with Gasteiger partial charge in [-0.1, -0.05) is 35.3 Å². The van der Waals surface area contributed by atoms with Crippen LogP contribution < -0.4 is 5.32 Å². The van der Waals surface area contributed by atoms with Crippen molar-refractivity contribution in [2.45, 2.75) is 49.7 Å². The van der Waals surface area contributed by atoms with E-state index in [1.165, 1.54) is 12.1 Å². The van der Waals surface area contributed by atoms with Crippen LogP contribution in [-0.2, 0) is 6.18 Å². The number of carbonyl (C=O) groups is 1. The molecule has 1 atom stereocenters. The van der Waals surface area contributed by atoms with Crippen molar-refractivity contribution in [1.82, 2.24) is 5.32 Å². The van der Waals surface area contributed by atoms with Crippen LogP contribution in [0.15, 0.2) is 36.4 Å². The highest BCUT2D eigenvalue weighted by Gasteiger charge is 2.43. The molecule has 1 aliphatic carbocycles. The molecule has 1 saturated carbocycles. The molecule has 0 radical (unpaired) electrons. The van der Waals surface area contributed by atoms with Gasteiger partial charge in [0.15, 0.2) is 0 Å². The molecule has 0 aromatic heterocycles. The van der Waals surface area contributed by atoms with Crippen LogP contribution in [0.5, 0.6) is 0 Å². The van der Waals surface area contributed by atoms with E-state index in [-0.39, 0.29) is 41.3 Å². The summed E-state index contributed by atoms with van der Waals surface area (Å²) >= 11 is 12.0. The molecule has 0 bridgehead atoms. The molecule has 0 saturated heterocycles. The Morgan fingerprint density at radius 2 is 1.81 bits per heavy atom. The SMILES string of the molecule is O=C(NC(c1cccc(F)c1Cl)[C@]1(O)CC[C@@H](F)CC1)c1cc(C(F)(F)F)ccc1Cl. The van der Waals surface area contributed by atoms with E-state index in [1.807, 2.05) is 0 Å². The smallest absolute Gasteiger partial charge is 0.387 e. The minimum absolute atomic E-state index is 0.000119. The van der Waals surface area contributed by atoms with Crippen LogP contribution in [0.25, 0.3) is 0 Å². The van der Waals surface area contributed by atoms with Crippen molar-refractivity contribution < 1.29 is 31.9 Å². The molecule has 0 heterocycles. The zero-order valence-electron chi connectivity index (χ0n) is 15.9. The Balaban J connectivity index is 2.01. The second kappa shape index (κ2) is 8.92. The normalized spacial score (nSPS) is 22.8. The maximum Gasteiger partial charge on any atom is 0.416 e. The summed E-state index contributed by atoms with van der Waals surface area (Å²) in [6.45, 7) is 0. The summed E-state index contributed by atoms with van der Waals surface area (Å²) in [5.74, 6) is -1.82. The standard InChI is InChI=1S/C21H18Cl2F5NO2/c22-15-5-4-11(21(26,27)28)10-14(15)19(30)29-18(13-2-1-3-16(25)17(13)23)20(31)8-6-12(24)7-9-20/h1-5,10,12,18,31H,6-9H2,(H,29,30)/t12-,18?,20+. The van der Waals surface area contributed by atoms with Crippen molar-refractivity contribution in [2.75, 3.05) is 0 Å². The van der Waals surface area contributed by atoms with E-state index in [9.17, 15) is 31.9 Å². The average Bonchev–Trinajstić information content (AvgIpc) is 2.70. The third kappa shape index (κ3) is 5.13. The van der Waals surface area contributed by atoms with E-state index in [4.69, 9.17) is 23.2 Å². The predicted octanol–water partition coefficient (Wildman–Crippen LogP) is 6.27. The quantitative estimate of drug-likeness (QED) is 0.505. The van der Waals surface area contributed by atoms with Gasteiger partial charge in [-0.05, 0) is 55.5 Å². The number of carbonyl (C=O) groups excluding carboxylic acids is 1. The van der Waals surface area contributed by atoms with Crippen LogP contribution in [0.4, 0.5) is 22.0 Å².